The molecule has 1 aliphatic rings. The molecule has 6 heteroatoms. The molecule has 1 aromatic rings. The number of primary amides is 1. The van der Waals surface area contributed by atoms with Crippen molar-refractivity contribution < 1.29 is 9.59 Å². The Kier molecular flexibility index (Phi) is 6.21. The minimum atomic E-state index is -0.321. The molecule has 2 N–H and O–H groups in total. The largest absolute Gasteiger partial charge is 0.369 e. The first kappa shape index (κ1) is 16.8. The van der Waals surface area contributed by atoms with E-state index in [9.17, 15) is 9.59 Å². The summed E-state index contributed by atoms with van der Waals surface area (Å²) in [5.74, 6) is -0.181. The normalized spacial score (nSPS) is 16.3. The second-order valence-electron chi connectivity index (χ2n) is 5.57. The lowest BCUT2D eigenvalue weighted by molar-refractivity contribution is -0.131. The highest BCUT2D eigenvalue weighted by molar-refractivity contribution is 6.31. The molecule has 1 heterocycles. The SMILES string of the molecule is NC(=O)CN1CCCN(C(=O)CCc2ccccc2Cl)CC1. The summed E-state index contributed by atoms with van der Waals surface area (Å²) in [6, 6.07) is 7.61. The molecule has 0 unspecified atom stereocenters. The van der Waals surface area contributed by atoms with Gasteiger partial charge in [0.05, 0.1) is 6.54 Å². The monoisotopic (exact) mass is 323 g/mol. The van der Waals surface area contributed by atoms with Gasteiger partial charge in [-0.2, -0.15) is 0 Å². The number of carbonyl (C=O) groups is 2. The van der Waals surface area contributed by atoms with Crippen LogP contribution in [0.15, 0.2) is 24.3 Å². The van der Waals surface area contributed by atoms with Gasteiger partial charge < -0.3 is 10.6 Å². The summed E-state index contributed by atoms with van der Waals surface area (Å²) in [6.07, 6.45) is 1.98. The van der Waals surface area contributed by atoms with Crippen molar-refractivity contribution in [3.63, 3.8) is 0 Å². The summed E-state index contributed by atoms with van der Waals surface area (Å²) in [6.45, 7) is 3.14. The fourth-order valence-electron chi connectivity index (χ4n) is 2.70. The van der Waals surface area contributed by atoms with Gasteiger partial charge in [-0.15, -0.1) is 0 Å². The summed E-state index contributed by atoms with van der Waals surface area (Å²) < 4.78 is 0. The molecule has 1 saturated heterocycles. The summed E-state index contributed by atoms with van der Waals surface area (Å²) in [4.78, 5) is 27.2. The maximum atomic E-state index is 12.3. The minimum Gasteiger partial charge on any atom is -0.369 e. The molecule has 0 atom stereocenters. The molecule has 1 fully saturated rings. The molecule has 1 aliphatic heterocycles. The first-order valence-electron chi connectivity index (χ1n) is 7.58. The van der Waals surface area contributed by atoms with Gasteiger partial charge in [0.25, 0.3) is 0 Å². The fourth-order valence-corrected chi connectivity index (χ4v) is 2.93. The number of nitrogens with zero attached hydrogens (tertiary/aromatic N) is 2. The van der Waals surface area contributed by atoms with Crippen LogP contribution in [-0.2, 0) is 16.0 Å². The predicted molar refractivity (Wildman–Crippen MR) is 86.6 cm³/mol. The molecule has 2 amide bonds. The van der Waals surface area contributed by atoms with Crippen LogP contribution >= 0.6 is 11.6 Å². The maximum absolute atomic E-state index is 12.3. The number of carbonyl (C=O) groups excluding carboxylic acids is 2. The van der Waals surface area contributed by atoms with Gasteiger partial charge in [-0.05, 0) is 24.5 Å². The van der Waals surface area contributed by atoms with Crippen LogP contribution in [0.2, 0.25) is 5.02 Å². The van der Waals surface area contributed by atoms with E-state index in [4.69, 9.17) is 17.3 Å². The number of hydrogen-bond donors (Lipinski definition) is 1. The number of halogens is 1. The van der Waals surface area contributed by atoms with Crippen LogP contribution in [0.1, 0.15) is 18.4 Å². The molecule has 0 aliphatic carbocycles. The second-order valence-corrected chi connectivity index (χ2v) is 5.98. The third kappa shape index (κ3) is 5.00. The standard InChI is InChI=1S/C16H22ClN3O2/c17-14-5-2-1-4-13(14)6-7-16(22)20-9-3-8-19(10-11-20)12-15(18)21/h1-2,4-5H,3,6-12H2,(H2,18,21). The van der Waals surface area contributed by atoms with Gasteiger partial charge in [0.15, 0.2) is 0 Å². The zero-order chi connectivity index (χ0) is 15.9. The third-order valence-corrected chi connectivity index (χ3v) is 4.26. The number of benzene rings is 1. The Morgan fingerprint density at radius 2 is 1.91 bits per heavy atom. The fraction of sp³-hybridized carbons (Fsp3) is 0.500. The van der Waals surface area contributed by atoms with E-state index in [1.165, 1.54) is 0 Å². The summed E-state index contributed by atoms with van der Waals surface area (Å²) in [5, 5.41) is 0.707. The van der Waals surface area contributed by atoms with E-state index in [0.29, 0.717) is 31.0 Å². The van der Waals surface area contributed by atoms with E-state index in [0.717, 1.165) is 25.1 Å². The lowest BCUT2D eigenvalue weighted by Gasteiger charge is -2.21. The van der Waals surface area contributed by atoms with Crippen LogP contribution in [-0.4, -0.2) is 54.3 Å². The Morgan fingerprint density at radius 1 is 1.14 bits per heavy atom. The van der Waals surface area contributed by atoms with E-state index >= 15 is 0 Å². The molecule has 120 valence electrons. The van der Waals surface area contributed by atoms with Crippen molar-refractivity contribution in [2.24, 2.45) is 5.73 Å². The highest BCUT2D eigenvalue weighted by atomic mass is 35.5. The molecular weight excluding hydrogens is 302 g/mol. The van der Waals surface area contributed by atoms with Gasteiger partial charge >= 0.3 is 0 Å². The quantitative estimate of drug-likeness (QED) is 0.888. The average molecular weight is 324 g/mol. The molecular formula is C16H22ClN3O2. The van der Waals surface area contributed by atoms with Crippen molar-refractivity contribution in [2.75, 3.05) is 32.7 Å². The minimum absolute atomic E-state index is 0.140. The predicted octanol–water partition coefficient (Wildman–Crippen LogP) is 1.29. The van der Waals surface area contributed by atoms with Crippen LogP contribution in [0.5, 0.6) is 0 Å². The molecule has 2 rings (SSSR count). The first-order valence-corrected chi connectivity index (χ1v) is 7.96. The second kappa shape index (κ2) is 8.15. The van der Waals surface area contributed by atoms with Crippen LogP contribution in [0.4, 0.5) is 0 Å². The van der Waals surface area contributed by atoms with Crippen molar-refractivity contribution in [3.8, 4) is 0 Å². The Morgan fingerprint density at radius 3 is 2.64 bits per heavy atom. The molecule has 22 heavy (non-hydrogen) atoms. The summed E-state index contributed by atoms with van der Waals surface area (Å²) >= 11 is 6.11. The Labute approximate surface area is 136 Å². The number of rotatable bonds is 5. The van der Waals surface area contributed by atoms with E-state index in [1.807, 2.05) is 34.1 Å². The van der Waals surface area contributed by atoms with Gasteiger partial charge in [0.1, 0.15) is 0 Å². The number of nitrogens with two attached hydrogens (primary N) is 1. The average Bonchev–Trinajstić information content (AvgIpc) is 2.71. The van der Waals surface area contributed by atoms with Gasteiger partial charge in [0, 0.05) is 37.6 Å². The van der Waals surface area contributed by atoms with Crippen LogP contribution in [0.3, 0.4) is 0 Å². The van der Waals surface area contributed by atoms with Gasteiger partial charge in [-0.25, -0.2) is 0 Å². The van der Waals surface area contributed by atoms with Gasteiger partial charge in [-0.1, -0.05) is 29.8 Å². The maximum Gasteiger partial charge on any atom is 0.231 e. The first-order chi connectivity index (χ1) is 10.6. The Bertz CT molecular complexity index is 536. The molecule has 0 radical (unpaired) electrons. The van der Waals surface area contributed by atoms with E-state index in [2.05, 4.69) is 0 Å². The smallest absolute Gasteiger partial charge is 0.231 e. The molecule has 0 spiro atoms. The highest BCUT2D eigenvalue weighted by Gasteiger charge is 2.19. The molecule has 0 aromatic heterocycles. The zero-order valence-corrected chi connectivity index (χ0v) is 13.4. The van der Waals surface area contributed by atoms with Crippen molar-refractivity contribution in [1.29, 1.82) is 0 Å². The van der Waals surface area contributed by atoms with Crippen molar-refractivity contribution >= 4 is 23.4 Å². The van der Waals surface area contributed by atoms with Crippen molar-refractivity contribution in [3.05, 3.63) is 34.9 Å². The zero-order valence-electron chi connectivity index (χ0n) is 12.6. The lowest BCUT2D eigenvalue weighted by atomic mass is 10.1. The number of aryl methyl sites for hydroxylation is 1. The Hall–Kier alpha value is -1.59. The lowest BCUT2D eigenvalue weighted by Crippen LogP contribution is -2.38. The molecule has 1 aromatic carbocycles. The van der Waals surface area contributed by atoms with Crippen molar-refractivity contribution in [1.82, 2.24) is 9.80 Å². The summed E-state index contributed by atoms with van der Waals surface area (Å²) in [7, 11) is 0. The van der Waals surface area contributed by atoms with Gasteiger partial charge in [-0.3, -0.25) is 14.5 Å². The van der Waals surface area contributed by atoms with E-state index in [1.54, 1.807) is 0 Å². The number of hydrogen-bond acceptors (Lipinski definition) is 3. The van der Waals surface area contributed by atoms with E-state index < -0.39 is 0 Å². The third-order valence-electron chi connectivity index (χ3n) is 3.89. The van der Waals surface area contributed by atoms with Crippen molar-refractivity contribution in [2.45, 2.75) is 19.3 Å². The summed E-state index contributed by atoms with van der Waals surface area (Å²) in [5.41, 5.74) is 6.22. The number of amides is 2. The van der Waals surface area contributed by atoms with Gasteiger partial charge in [0.2, 0.25) is 11.8 Å². The van der Waals surface area contributed by atoms with E-state index in [-0.39, 0.29) is 18.4 Å². The molecule has 0 bridgehead atoms. The van der Waals surface area contributed by atoms with Crippen LogP contribution < -0.4 is 5.73 Å². The topological polar surface area (TPSA) is 66.6 Å². The molecule has 0 saturated carbocycles. The Balaban J connectivity index is 1.83. The molecule has 5 nitrogen and oxygen atoms in total. The van der Waals surface area contributed by atoms with Crippen LogP contribution in [0, 0.1) is 0 Å². The van der Waals surface area contributed by atoms with Crippen LogP contribution in [0.25, 0.3) is 0 Å². The highest BCUT2D eigenvalue weighted by Crippen LogP contribution is 2.17.